The Hall–Kier alpha value is -0.580. The maximum atomic E-state index is 12.0. The zero-order valence-electron chi connectivity index (χ0n) is 10.7. The van der Waals surface area contributed by atoms with E-state index in [0.29, 0.717) is 17.1 Å². The average Bonchev–Trinajstić information content (AvgIpc) is 2.37. The molecule has 0 radical (unpaired) electrons. The number of nitrogens with one attached hydrogen (secondary N) is 1. The van der Waals surface area contributed by atoms with Gasteiger partial charge in [-0.2, -0.15) is 0 Å². The van der Waals surface area contributed by atoms with E-state index in [4.69, 9.17) is 11.6 Å². The first-order valence-corrected chi connectivity index (χ1v) is 7.21. The molecule has 1 aromatic rings. The molecule has 0 bridgehead atoms. The molecule has 0 fully saturated rings. The molecule has 0 atom stereocenters. The molecule has 0 aliphatic rings. The molecule has 1 aromatic carbocycles. The van der Waals surface area contributed by atoms with Gasteiger partial charge in [-0.15, -0.1) is 0 Å². The number of nitrogens with zero attached hydrogens (tertiary/aromatic N) is 1. The number of carbonyl (C=O) groups excluding carboxylic acids is 1. The van der Waals surface area contributed by atoms with E-state index in [1.165, 1.54) is 0 Å². The summed E-state index contributed by atoms with van der Waals surface area (Å²) in [4.78, 5) is 14.2. The summed E-state index contributed by atoms with van der Waals surface area (Å²) >= 11 is 9.23. The summed E-state index contributed by atoms with van der Waals surface area (Å²) in [7, 11) is 0. The molecule has 0 aromatic heterocycles. The fourth-order valence-electron chi connectivity index (χ4n) is 1.63. The van der Waals surface area contributed by atoms with Crippen LogP contribution in [0.4, 0.5) is 0 Å². The third-order valence-electron chi connectivity index (χ3n) is 2.78. The van der Waals surface area contributed by atoms with Crippen molar-refractivity contribution in [2.24, 2.45) is 0 Å². The smallest absolute Gasteiger partial charge is 0.252 e. The Morgan fingerprint density at radius 2 is 2.06 bits per heavy atom. The van der Waals surface area contributed by atoms with Crippen LogP contribution in [0.3, 0.4) is 0 Å². The molecule has 1 rings (SSSR count). The lowest BCUT2D eigenvalue weighted by molar-refractivity contribution is 0.0948. The van der Waals surface area contributed by atoms with Crippen LogP contribution in [0.15, 0.2) is 22.7 Å². The van der Waals surface area contributed by atoms with Crippen molar-refractivity contribution in [1.82, 2.24) is 10.2 Å². The highest BCUT2D eigenvalue weighted by Crippen LogP contribution is 2.20. The van der Waals surface area contributed by atoms with E-state index in [1.54, 1.807) is 18.2 Å². The van der Waals surface area contributed by atoms with Crippen molar-refractivity contribution in [3.63, 3.8) is 0 Å². The maximum absolute atomic E-state index is 12.0. The van der Waals surface area contributed by atoms with Gasteiger partial charge in [0, 0.05) is 22.6 Å². The van der Waals surface area contributed by atoms with E-state index >= 15 is 0 Å². The van der Waals surface area contributed by atoms with Gasteiger partial charge < -0.3 is 10.2 Å². The summed E-state index contributed by atoms with van der Waals surface area (Å²) in [5.41, 5.74) is 0.571. The number of rotatable bonds is 6. The zero-order chi connectivity index (χ0) is 13.5. The quantitative estimate of drug-likeness (QED) is 0.867. The van der Waals surface area contributed by atoms with Crippen LogP contribution in [0, 0.1) is 0 Å². The van der Waals surface area contributed by atoms with Crippen molar-refractivity contribution in [2.75, 3.05) is 26.2 Å². The van der Waals surface area contributed by atoms with Gasteiger partial charge in [0.25, 0.3) is 5.91 Å². The lowest BCUT2D eigenvalue weighted by atomic mass is 10.2. The van der Waals surface area contributed by atoms with Crippen molar-refractivity contribution in [2.45, 2.75) is 13.8 Å². The summed E-state index contributed by atoms with van der Waals surface area (Å²) in [6.07, 6.45) is 0. The van der Waals surface area contributed by atoms with Crippen molar-refractivity contribution >= 4 is 33.4 Å². The Bertz CT molecular complexity index is 408. The molecule has 18 heavy (non-hydrogen) atoms. The van der Waals surface area contributed by atoms with E-state index in [0.717, 1.165) is 24.1 Å². The predicted octanol–water partition coefficient (Wildman–Crippen LogP) is 3.17. The van der Waals surface area contributed by atoms with Crippen LogP contribution in [-0.2, 0) is 0 Å². The molecule has 0 aliphatic carbocycles. The molecule has 0 aliphatic heterocycles. The molecule has 5 heteroatoms. The Balaban J connectivity index is 2.53. The van der Waals surface area contributed by atoms with Crippen LogP contribution < -0.4 is 5.32 Å². The molecule has 0 heterocycles. The van der Waals surface area contributed by atoms with Crippen molar-refractivity contribution in [3.8, 4) is 0 Å². The minimum atomic E-state index is -0.100. The highest BCUT2D eigenvalue weighted by molar-refractivity contribution is 9.10. The van der Waals surface area contributed by atoms with Gasteiger partial charge in [-0.1, -0.05) is 25.4 Å². The second kappa shape index (κ2) is 7.77. The summed E-state index contributed by atoms with van der Waals surface area (Å²) in [6.45, 7) is 7.70. The van der Waals surface area contributed by atoms with Gasteiger partial charge in [0.05, 0.1) is 5.56 Å². The van der Waals surface area contributed by atoms with Crippen LogP contribution in [0.25, 0.3) is 0 Å². The van der Waals surface area contributed by atoms with Gasteiger partial charge >= 0.3 is 0 Å². The Kier molecular flexibility index (Phi) is 6.68. The summed E-state index contributed by atoms with van der Waals surface area (Å²) in [6, 6.07) is 5.19. The molecule has 0 saturated heterocycles. The summed E-state index contributed by atoms with van der Waals surface area (Å²) in [5.74, 6) is -0.100. The second-order valence-corrected chi connectivity index (χ2v) is 5.20. The standard InChI is InChI=1S/C13H18BrClN2O/c1-3-17(4-2)8-7-16-13(18)11-9-10(15)5-6-12(11)14/h5-6,9H,3-4,7-8H2,1-2H3,(H,16,18). The lowest BCUT2D eigenvalue weighted by Gasteiger charge is -2.18. The number of likely N-dealkylation sites (N-methyl/N-ethyl adjacent to an activating group) is 1. The third kappa shape index (κ3) is 4.59. The topological polar surface area (TPSA) is 32.3 Å². The molecule has 0 unspecified atom stereocenters. The zero-order valence-corrected chi connectivity index (χ0v) is 13.0. The average molecular weight is 334 g/mol. The number of amides is 1. The van der Waals surface area contributed by atoms with Crippen molar-refractivity contribution in [3.05, 3.63) is 33.3 Å². The molecular formula is C13H18BrClN2O. The number of carbonyl (C=O) groups is 1. The van der Waals surface area contributed by atoms with Gasteiger partial charge in [-0.3, -0.25) is 4.79 Å². The minimum Gasteiger partial charge on any atom is -0.351 e. The highest BCUT2D eigenvalue weighted by Gasteiger charge is 2.10. The van der Waals surface area contributed by atoms with Crippen molar-refractivity contribution < 1.29 is 4.79 Å². The van der Waals surface area contributed by atoms with Gasteiger partial charge in [0.15, 0.2) is 0 Å². The third-order valence-corrected chi connectivity index (χ3v) is 3.71. The van der Waals surface area contributed by atoms with Crippen LogP contribution in [0.1, 0.15) is 24.2 Å². The minimum absolute atomic E-state index is 0.100. The Labute approximate surface area is 122 Å². The van der Waals surface area contributed by atoms with E-state index < -0.39 is 0 Å². The van der Waals surface area contributed by atoms with E-state index in [-0.39, 0.29) is 5.91 Å². The molecule has 1 N–H and O–H groups in total. The van der Waals surface area contributed by atoms with E-state index in [9.17, 15) is 4.79 Å². The normalized spacial score (nSPS) is 10.7. The Morgan fingerprint density at radius 3 is 2.67 bits per heavy atom. The largest absolute Gasteiger partial charge is 0.351 e. The number of halogens is 2. The van der Waals surface area contributed by atoms with Crippen LogP contribution in [-0.4, -0.2) is 37.0 Å². The Morgan fingerprint density at radius 1 is 1.39 bits per heavy atom. The summed E-state index contributed by atoms with van der Waals surface area (Å²) in [5, 5.41) is 3.46. The fraction of sp³-hybridized carbons (Fsp3) is 0.462. The lowest BCUT2D eigenvalue weighted by Crippen LogP contribution is -2.34. The first-order chi connectivity index (χ1) is 8.58. The molecule has 0 saturated carbocycles. The summed E-state index contributed by atoms with van der Waals surface area (Å²) < 4.78 is 0.757. The van der Waals surface area contributed by atoms with Crippen LogP contribution in [0.5, 0.6) is 0 Å². The molecule has 0 spiro atoms. The van der Waals surface area contributed by atoms with Gasteiger partial charge in [-0.05, 0) is 47.2 Å². The maximum Gasteiger partial charge on any atom is 0.252 e. The molecular weight excluding hydrogens is 316 g/mol. The van der Waals surface area contributed by atoms with E-state index in [2.05, 4.69) is 40.0 Å². The number of hydrogen-bond donors (Lipinski definition) is 1. The SMILES string of the molecule is CCN(CC)CCNC(=O)c1cc(Cl)ccc1Br. The van der Waals surface area contributed by atoms with Gasteiger partial charge in [-0.25, -0.2) is 0 Å². The molecule has 100 valence electrons. The monoisotopic (exact) mass is 332 g/mol. The van der Waals surface area contributed by atoms with E-state index in [1.807, 2.05) is 0 Å². The van der Waals surface area contributed by atoms with Gasteiger partial charge in [0.1, 0.15) is 0 Å². The number of benzene rings is 1. The van der Waals surface area contributed by atoms with Crippen molar-refractivity contribution in [1.29, 1.82) is 0 Å². The molecule has 1 amide bonds. The highest BCUT2D eigenvalue weighted by atomic mass is 79.9. The predicted molar refractivity (Wildman–Crippen MR) is 79.3 cm³/mol. The van der Waals surface area contributed by atoms with Crippen LogP contribution in [0.2, 0.25) is 5.02 Å². The van der Waals surface area contributed by atoms with Gasteiger partial charge in [0.2, 0.25) is 0 Å². The number of hydrogen-bond acceptors (Lipinski definition) is 2. The first kappa shape index (κ1) is 15.5. The first-order valence-electron chi connectivity index (χ1n) is 6.04. The second-order valence-electron chi connectivity index (χ2n) is 3.91. The van der Waals surface area contributed by atoms with Crippen LogP contribution >= 0.6 is 27.5 Å². The molecule has 3 nitrogen and oxygen atoms in total. The fourth-order valence-corrected chi connectivity index (χ4v) is 2.23.